The van der Waals surface area contributed by atoms with Gasteiger partial charge in [0.25, 0.3) is 0 Å². The zero-order valence-electron chi connectivity index (χ0n) is 15.5. The second-order valence-electron chi connectivity index (χ2n) is 5.16. The van der Waals surface area contributed by atoms with Crippen molar-refractivity contribution in [3.63, 3.8) is 0 Å². The third-order valence-electron chi connectivity index (χ3n) is 3.48. The average Bonchev–Trinajstić information content (AvgIpc) is 2.69. The second kappa shape index (κ2) is 9.81. The maximum Gasteiger partial charge on any atom is 0.232 e. The topological polar surface area (TPSA) is 104 Å². The number of halogens is 1. The van der Waals surface area contributed by atoms with Crippen molar-refractivity contribution in [1.29, 1.82) is 0 Å². The third-order valence-corrected chi connectivity index (χ3v) is 4.02. The molecule has 0 atom stereocenters. The summed E-state index contributed by atoms with van der Waals surface area (Å²) in [7, 11) is 6.18. The van der Waals surface area contributed by atoms with E-state index in [1.165, 1.54) is 21.3 Å². The highest BCUT2D eigenvalue weighted by atomic mass is 79.9. The lowest BCUT2D eigenvalue weighted by Gasteiger charge is -2.15. The molecule has 1 amide bonds. The van der Waals surface area contributed by atoms with Gasteiger partial charge in [-0.05, 0) is 15.9 Å². The molecular weight excluding hydrogens is 420 g/mol. The van der Waals surface area contributed by atoms with Gasteiger partial charge in [-0.15, -0.1) is 0 Å². The van der Waals surface area contributed by atoms with Crippen LogP contribution in [-0.4, -0.2) is 50.9 Å². The predicted octanol–water partition coefficient (Wildman–Crippen LogP) is 2.52. The van der Waals surface area contributed by atoms with E-state index in [0.29, 0.717) is 39.2 Å². The number of carbonyl (C=O) groups is 1. The fraction of sp³-hybridized carbons (Fsp3) is 0.353. The van der Waals surface area contributed by atoms with Crippen molar-refractivity contribution >= 4 is 33.5 Å². The quantitative estimate of drug-likeness (QED) is 0.612. The van der Waals surface area contributed by atoms with Crippen LogP contribution in [0.1, 0.15) is 6.42 Å². The van der Waals surface area contributed by atoms with E-state index < -0.39 is 0 Å². The number of benzene rings is 1. The molecule has 2 aromatic rings. The van der Waals surface area contributed by atoms with Crippen molar-refractivity contribution < 1.29 is 23.7 Å². The first-order valence-corrected chi connectivity index (χ1v) is 8.74. The van der Waals surface area contributed by atoms with E-state index in [0.717, 1.165) is 0 Å². The first kappa shape index (κ1) is 20.6. The van der Waals surface area contributed by atoms with Gasteiger partial charge in [0.2, 0.25) is 23.5 Å². The summed E-state index contributed by atoms with van der Waals surface area (Å²) >= 11 is 3.33. The van der Waals surface area contributed by atoms with Crippen LogP contribution in [0.4, 0.5) is 11.6 Å². The van der Waals surface area contributed by atoms with Gasteiger partial charge in [0.15, 0.2) is 11.5 Å². The summed E-state index contributed by atoms with van der Waals surface area (Å²) in [5.74, 6) is 2.00. The molecular formula is C17H21BrN4O5. The Morgan fingerprint density at radius 1 is 1.15 bits per heavy atom. The summed E-state index contributed by atoms with van der Waals surface area (Å²) in [5, 5.41) is 5.60. The van der Waals surface area contributed by atoms with Gasteiger partial charge in [-0.2, -0.15) is 4.98 Å². The molecule has 0 bridgehead atoms. The molecule has 1 aromatic carbocycles. The number of hydrogen-bond donors (Lipinski definition) is 2. The summed E-state index contributed by atoms with van der Waals surface area (Å²) < 4.78 is 22.1. The van der Waals surface area contributed by atoms with Crippen molar-refractivity contribution in [2.75, 3.05) is 40.3 Å². The van der Waals surface area contributed by atoms with E-state index in [-0.39, 0.29) is 18.9 Å². The molecule has 2 rings (SSSR count). The fourth-order valence-corrected chi connectivity index (χ4v) is 2.47. The van der Waals surface area contributed by atoms with Crippen LogP contribution < -0.4 is 29.6 Å². The number of anilines is 2. The zero-order valence-corrected chi connectivity index (χ0v) is 17.0. The number of amides is 1. The zero-order chi connectivity index (χ0) is 19.8. The van der Waals surface area contributed by atoms with E-state index in [2.05, 4.69) is 36.5 Å². The summed E-state index contributed by atoms with van der Waals surface area (Å²) in [4.78, 5) is 19.8. The fourth-order valence-electron chi connectivity index (χ4n) is 2.16. The van der Waals surface area contributed by atoms with Gasteiger partial charge in [0.1, 0.15) is 0 Å². The molecule has 1 aromatic heterocycles. The van der Waals surface area contributed by atoms with Crippen LogP contribution in [0.3, 0.4) is 0 Å². The standard InChI is InChI=1S/C17H21BrN4O5/c1-19-14(23)5-6-27-16-11(18)9-20-17(22-16)21-10-7-12(24-2)15(26-4)13(8-10)25-3/h7-9H,5-6H2,1-4H3,(H,19,23)(H,20,21,22). The first-order chi connectivity index (χ1) is 13.0. The highest BCUT2D eigenvalue weighted by Crippen LogP contribution is 2.40. The molecule has 0 saturated carbocycles. The monoisotopic (exact) mass is 440 g/mol. The van der Waals surface area contributed by atoms with E-state index in [4.69, 9.17) is 18.9 Å². The van der Waals surface area contributed by atoms with Crippen molar-refractivity contribution in [1.82, 2.24) is 15.3 Å². The summed E-state index contributed by atoms with van der Waals surface area (Å²) in [6.07, 6.45) is 1.78. The van der Waals surface area contributed by atoms with Crippen LogP contribution >= 0.6 is 15.9 Å². The Labute approximate surface area is 165 Å². The molecule has 1 heterocycles. The Hall–Kier alpha value is -2.75. The molecule has 2 N–H and O–H groups in total. The summed E-state index contributed by atoms with van der Waals surface area (Å²) in [6, 6.07) is 3.47. The van der Waals surface area contributed by atoms with E-state index >= 15 is 0 Å². The van der Waals surface area contributed by atoms with Crippen LogP contribution in [0, 0.1) is 0 Å². The van der Waals surface area contributed by atoms with Crippen LogP contribution in [0.2, 0.25) is 0 Å². The van der Waals surface area contributed by atoms with Gasteiger partial charge in [-0.25, -0.2) is 4.98 Å². The Balaban J connectivity index is 2.20. The number of nitrogens with zero attached hydrogens (tertiary/aromatic N) is 2. The molecule has 27 heavy (non-hydrogen) atoms. The highest BCUT2D eigenvalue weighted by Gasteiger charge is 2.14. The lowest BCUT2D eigenvalue weighted by Crippen LogP contribution is -2.20. The van der Waals surface area contributed by atoms with Gasteiger partial charge in [-0.3, -0.25) is 4.79 Å². The lowest BCUT2D eigenvalue weighted by atomic mass is 10.2. The Kier molecular flexibility index (Phi) is 7.47. The third kappa shape index (κ3) is 5.36. The van der Waals surface area contributed by atoms with E-state index in [1.807, 2.05) is 0 Å². The largest absolute Gasteiger partial charge is 0.493 e. The molecule has 0 spiro atoms. The first-order valence-electron chi connectivity index (χ1n) is 7.95. The minimum Gasteiger partial charge on any atom is -0.493 e. The number of hydrogen-bond acceptors (Lipinski definition) is 8. The smallest absolute Gasteiger partial charge is 0.232 e. The maximum absolute atomic E-state index is 11.3. The van der Waals surface area contributed by atoms with Gasteiger partial charge in [0, 0.05) is 24.9 Å². The predicted molar refractivity (Wildman–Crippen MR) is 103 cm³/mol. The van der Waals surface area contributed by atoms with Crippen molar-refractivity contribution in [2.24, 2.45) is 0 Å². The molecule has 0 fully saturated rings. The number of methoxy groups -OCH3 is 3. The Morgan fingerprint density at radius 2 is 1.81 bits per heavy atom. The summed E-state index contributed by atoms with van der Waals surface area (Å²) in [6.45, 7) is 0.193. The molecule has 0 aliphatic carbocycles. The van der Waals surface area contributed by atoms with Crippen LogP contribution in [0.25, 0.3) is 0 Å². The van der Waals surface area contributed by atoms with Crippen molar-refractivity contribution in [2.45, 2.75) is 6.42 Å². The molecule has 0 saturated heterocycles. The maximum atomic E-state index is 11.3. The van der Waals surface area contributed by atoms with Crippen LogP contribution in [0.5, 0.6) is 23.1 Å². The molecule has 10 heteroatoms. The number of aromatic nitrogens is 2. The Morgan fingerprint density at radius 3 is 2.37 bits per heavy atom. The molecule has 0 unspecified atom stereocenters. The van der Waals surface area contributed by atoms with Crippen LogP contribution in [-0.2, 0) is 4.79 Å². The number of nitrogens with one attached hydrogen (secondary N) is 2. The van der Waals surface area contributed by atoms with Crippen molar-refractivity contribution in [3.05, 3.63) is 22.8 Å². The molecule has 146 valence electrons. The van der Waals surface area contributed by atoms with Gasteiger partial charge in [-0.1, -0.05) is 0 Å². The SMILES string of the molecule is CNC(=O)CCOc1nc(Nc2cc(OC)c(OC)c(OC)c2)ncc1Br. The van der Waals surface area contributed by atoms with Gasteiger partial charge < -0.3 is 29.6 Å². The molecule has 9 nitrogen and oxygen atoms in total. The molecule has 0 radical (unpaired) electrons. The van der Waals surface area contributed by atoms with E-state index in [1.54, 1.807) is 25.4 Å². The number of carbonyl (C=O) groups excluding carboxylic acids is 1. The van der Waals surface area contributed by atoms with Crippen molar-refractivity contribution in [3.8, 4) is 23.1 Å². The number of rotatable bonds is 9. The lowest BCUT2D eigenvalue weighted by molar-refractivity contribution is -0.121. The van der Waals surface area contributed by atoms with Crippen LogP contribution in [0.15, 0.2) is 22.8 Å². The normalized spacial score (nSPS) is 10.1. The number of ether oxygens (including phenoxy) is 4. The summed E-state index contributed by atoms with van der Waals surface area (Å²) in [5.41, 5.74) is 0.642. The molecule has 0 aliphatic heterocycles. The average molecular weight is 441 g/mol. The minimum absolute atomic E-state index is 0.115. The molecule has 0 aliphatic rings. The van der Waals surface area contributed by atoms with Gasteiger partial charge >= 0.3 is 0 Å². The second-order valence-corrected chi connectivity index (χ2v) is 6.01. The minimum atomic E-state index is -0.115. The Bertz CT molecular complexity index is 778. The van der Waals surface area contributed by atoms with Gasteiger partial charge in [0.05, 0.1) is 45.0 Å². The highest BCUT2D eigenvalue weighted by molar-refractivity contribution is 9.10. The van der Waals surface area contributed by atoms with E-state index in [9.17, 15) is 4.79 Å².